The van der Waals surface area contributed by atoms with Gasteiger partial charge >= 0.3 is 5.97 Å². The van der Waals surface area contributed by atoms with Crippen molar-refractivity contribution in [2.45, 2.75) is 19.5 Å². The summed E-state index contributed by atoms with van der Waals surface area (Å²) < 4.78 is 15.3. The molecule has 1 saturated heterocycles. The molecule has 134 valence electrons. The molecular weight excluding hydrogens is 325 g/mol. The Labute approximate surface area is 145 Å². The Morgan fingerprint density at radius 3 is 2.64 bits per heavy atom. The van der Waals surface area contributed by atoms with Gasteiger partial charge in [0.1, 0.15) is 24.5 Å². The number of aromatic nitrogens is 3. The molecule has 3 rings (SSSR count). The zero-order chi connectivity index (χ0) is 17.8. The van der Waals surface area contributed by atoms with Crippen LogP contribution in [0.15, 0.2) is 30.9 Å². The predicted octanol–water partition coefficient (Wildman–Crippen LogP) is 1.17. The monoisotopic (exact) mass is 347 g/mol. The third kappa shape index (κ3) is 4.21. The normalized spacial score (nSPS) is 17.5. The molecular formula is C17H22FN5O2. The fourth-order valence-corrected chi connectivity index (χ4v) is 3.18. The van der Waals surface area contributed by atoms with Gasteiger partial charge in [0.25, 0.3) is 0 Å². The van der Waals surface area contributed by atoms with Crippen LogP contribution in [-0.4, -0.2) is 68.4 Å². The summed E-state index contributed by atoms with van der Waals surface area (Å²) in [4.78, 5) is 19.9. The molecule has 0 aliphatic carbocycles. The van der Waals surface area contributed by atoms with E-state index >= 15 is 0 Å². The second-order valence-corrected chi connectivity index (χ2v) is 6.29. The molecule has 0 bridgehead atoms. The summed E-state index contributed by atoms with van der Waals surface area (Å²) in [5.41, 5.74) is 1.10. The maximum atomic E-state index is 13.5. The highest BCUT2D eigenvalue weighted by molar-refractivity contribution is 5.75. The molecule has 2 heterocycles. The maximum absolute atomic E-state index is 13.5. The third-order valence-corrected chi connectivity index (χ3v) is 4.62. The molecule has 1 fully saturated rings. The summed E-state index contributed by atoms with van der Waals surface area (Å²) in [6.45, 7) is 6.16. The lowest BCUT2D eigenvalue weighted by Crippen LogP contribution is -2.49. The Kier molecular flexibility index (Phi) is 5.40. The largest absolute Gasteiger partial charge is 0.480 e. The fourth-order valence-electron chi connectivity index (χ4n) is 3.18. The van der Waals surface area contributed by atoms with E-state index in [4.69, 9.17) is 0 Å². The molecule has 1 unspecified atom stereocenters. The lowest BCUT2D eigenvalue weighted by Gasteiger charge is -2.37. The second-order valence-electron chi connectivity index (χ2n) is 6.29. The van der Waals surface area contributed by atoms with Crippen LogP contribution < -0.4 is 0 Å². The van der Waals surface area contributed by atoms with Gasteiger partial charge in [0, 0.05) is 32.7 Å². The van der Waals surface area contributed by atoms with Crippen molar-refractivity contribution < 1.29 is 14.3 Å². The Hall–Kier alpha value is -2.32. The van der Waals surface area contributed by atoms with Crippen LogP contribution in [0, 0.1) is 12.7 Å². The van der Waals surface area contributed by atoms with Crippen molar-refractivity contribution in [1.29, 1.82) is 0 Å². The smallest absolute Gasteiger partial charge is 0.325 e. The highest BCUT2D eigenvalue weighted by Gasteiger charge is 2.30. The standard InChI is InChI=1S/C17H22FN5O2/c1-13-10-14(2-3-15(13)18)16(17(24)25)22-7-4-21(5-8-22)6-9-23-12-19-11-20-23/h2-3,10-12,16H,4-9H2,1H3,(H,24,25). The molecule has 1 atom stereocenters. The summed E-state index contributed by atoms with van der Waals surface area (Å²) >= 11 is 0. The molecule has 0 amide bonds. The van der Waals surface area contributed by atoms with E-state index in [9.17, 15) is 14.3 Å². The van der Waals surface area contributed by atoms with Crippen molar-refractivity contribution in [2.75, 3.05) is 32.7 Å². The van der Waals surface area contributed by atoms with Crippen LogP contribution in [0.2, 0.25) is 0 Å². The number of benzene rings is 1. The summed E-state index contributed by atoms with van der Waals surface area (Å²) in [7, 11) is 0. The van der Waals surface area contributed by atoms with E-state index in [-0.39, 0.29) is 5.82 Å². The van der Waals surface area contributed by atoms with Crippen molar-refractivity contribution in [2.24, 2.45) is 0 Å². The number of hydrogen-bond donors (Lipinski definition) is 1. The first-order valence-electron chi connectivity index (χ1n) is 8.32. The minimum Gasteiger partial charge on any atom is -0.480 e. The predicted molar refractivity (Wildman–Crippen MR) is 89.5 cm³/mol. The molecule has 1 aromatic heterocycles. The van der Waals surface area contributed by atoms with Crippen LogP contribution in [0.3, 0.4) is 0 Å². The lowest BCUT2D eigenvalue weighted by molar-refractivity contribution is -0.144. The first-order chi connectivity index (χ1) is 12.0. The van der Waals surface area contributed by atoms with Gasteiger partial charge in [-0.2, -0.15) is 5.10 Å². The van der Waals surface area contributed by atoms with Crippen LogP contribution in [0.4, 0.5) is 4.39 Å². The van der Waals surface area contributed by atoms with Gasteiger partial charge in [0.05, 0.1) is 6.54 Å². The Morgan fingerprint density at radius 2 is 2.04 bits per heavy atom. The number of nitrogens with zero attached hydrogens (tertiary/aromatic N) is 5. The number of carboxylic acid groups (broad SMARTS) is 1. The van der Waals surface area contributed by atoms with Crippen molar-refractivity contribution >= 4 is 5.97 Å². The number of rotatable bonds is 6. The number of halogens is 1. The number of aliphatic carboxylic acids is 1. The van der Waals surface area contributed by atoms with E-state index < -0.39 is 12.0 Å². The highest BCUT2D eigenvalue weighted by atomic mass is 19.1. The van der Waals surface area contributed by atoms with E-state index in [1.807, 2.05) is 4.90 Å². The molecule has 8 heteroatoms. The van der Waals surface area contributed by atoms with Crippen LogP contribution in [0.25, 0.3) is 0 Å². The maximum Gasteiger partial charge on any atom is 0.325 e. The first kappa shape index (κ1) is 17.5. The fraction of sp³-hybridized carbons (Fsp3) is 0.471. The number of hydrogen-bond acceptors (Lipinski definition) is 5. The van der Waals surface area contributed by atoms with Gasteiger partial charge in [0.15, 0.2) is 0 Å². The highest BCUT2D eigenvalue weighted by Crippen LogP contribution is 2.24. The van der Waals surface area contributed by atoms with Crippen molar-refractivity contribution in [3.05, 3.63) is 47.8 Å². The zero-order valence-corrected chi connectivity index (χ0v) is 14.2. The number of piperazine rings is 1. The quantitative estimate of drug-likeness (QED) is 0.846. The van der Waals surface area contributed by atoms with E-state index in [2.05, 4.69) is 15.0 Å². The van der Waals surface area contributed by atoms with Gasteiger partial charge < -0.3 is 5.11 Å². The average molecular weight is 347 g/mol. The van der Waals surface area contributed by atoms with E-state index in [0.717, 1.165) is 26.2 Å². The van der Waals surface area contributed by atoms with Crippen molar-refractivity contribution in [3.8, 4) is 0 Å². The molecule has 0 saturated carbocycles. The summed E-state index contributed by atoms with van der Waals surface area (Å²) in [5.74, 6) is -1.21. The SMILES string of the molecule is Cc1cc(C(C(=O)O)N2CCN(CCn3cncn3)CC2)ccc1F. The lowest BCUT2D eigenvalue weighted by atomic mass is 10.0. The Bertz CT molecular complexity index is 714. The Morgan fingerprint density at radius 1 is 1.28 bits per heavy atom. The van der Waals surface area contributed by atoms with Crippen LogP contribution >= 0.6 is 0 Å². The minimum atomic E-state index is -0.901. The van der Waals surface area contributed by atoms with Gasteiger partial charge in [-0.25, -0.2) is 9.37 Å². The third-order valence-electron chi connectivity index (χ3n) is 4.62. The van der Waals surface area contributed by atoms with Crippen LogP contribution in [0.5, 0.6) is 0 Å². The van der Waals surface area contributed by atoms with Crippen molar-refractivity contribution in [3.63, 3.8) is 0 Å². The molecule has 7 nitrogen and oxygen atoms in total. The Balaban J connectivity index is 1.60. The molecule has 0 radical (unpaired) electrons. The molecule has 2 aromatic rings. The molecule has 25 heavy (non-hydrogen) atoms. The number of carboxylic acids is 1. The summed E-state index contributed by atoms with van der Waals surface area (Å²) in [6.07, 6.45) is 3.20. The summed E-state index contributed by atoms with van der Waals surface area (Å²) in [6, 6.07) is 3.80. The van der Waals surface area contributed by atoms with Crippen LogP contribution in [0.1, 0.15) is 17.2 Å². The molecule has 1 aliphatic heterocycles. The zero-order valence-electron chi connectivity index (χ0n) is 14.2. The van der Waals surface area contributed by atoms with Crippen LogP contribution in [-0.2, 0) is 11.3 Å². The average Bonchev–Trinajstić information content (AvgIpc) is 3.11. The minimum absolute atomic E-state index is 0.314. The topological polar surface area (TPSA) is 74.5 Å². The van der Waals surface area contributed by atoms with Crippen molar-refractivity contribution in [1.82, 2.24) is 24.6 Å². The van der Waals surface area contributed by atoms with Gasteiger partial charge in [-0.15, -0.1) is 0 Å². The summed E-state index contributed by atoms with van der Waals surface area (Å²) in [5, 5.41) is 13.7. The first-order valence-corrected chi connectivity index (χ1v) is 8.32. The molecule has 1 aliphatic rings. The molecule has 0 spiro atoms. The van der Waals surface area contributed by atoms with Gasteiger partial charge in [-0.3, -0.25) is 19.3 Å². The molecule has 1 N–H and O–H groups in total. The van der Waals surface area contributed by atoms with E-state index in [1.165, 1.54) is 12.4 Å². The van der Waals surface area contributed by atoms with Gasteiger partial charge in [-0.05, 0) is 24.1 Å². The molecule has 1 aromatic carbocycles. The second kappa shape index (κ2) is 7.71. The number of aryl methyl sites for hydroxylation is 1. The number of carbonyl (C=O) groups is 1. The van der Waals surface area contributed by atoms with Gasteiger partial charge in [-0.1, -0.05) is 12.1 Å². The van der Waals surface area contributed by atoms with Gasteiger partial charge in [0.2, 0.25) is 0 Å². The van der Waals surface area contributed by atoms with E-state index in [0.29, 0.717) is 24.2 Å². The van der Waals surface area contributed by atoms with E-state index in [1.54, 1.807) is 30.1 Å².